The Kier molecular flexibility index (Phi) is 4.18. The summed E-state index contributed by atoms with van der Waals surface area (Å²) in [6.07, 6.45) is 10.4. The molecule has 0 spiro atoms. The average Bonchev–Trinajstić information content (AvgIpc) is 2.91. The molecule has 1 aliphatic heterocycles. The van der Waals surface area contributed by atoms with Crippen molar-refractivity contribution in [2.24, 2.45) is 11.8 Å². The van der Waals surface area contributed by atoms with Gasteiger partial charge in [0.15, 0.2) is 0 Å². The van der Waals surface area contributed by atoms with Crippen LogP contribution in [0.15, 0.2) is 18.5 Å². The van der Waals surface area contributed by atoms with E-state index in [2.05, 4.69) is 10.00 Å². The molecular weight excluding hydrogens is 238 g/mol. The minimum absolute atomic E-state index is 0.306. The van der Waals surface area contributed by atoms with Gasteiger partial charge in [-0.1, -0.05) is 19.3 Å². The van der Waals surface area contributed by atoms with Crippen molar-refractivity contribution in [2.45, 2.75) is 44.8 Å². The second-order valence-electron chi connectivity index (χ2n) is 6.23. The fourth-order valence-corrected chi connectivity index (χ4v) is 3.82. The maximum Gasteiger partial charge on any atom is 0.0862 e. The predicted octanol–water partition coefficient (Wildman–Crippen LogP) is 1.76. The molecule has 1 N–H and O–H groups in total. The standard InChI is InChI=1S/C15H25N3O/c19-15(12-18-8-3-7-16-18)11-17-9-6-13-4-1-2-5-14(13)10-17/h3,7-8,13-15,19H,1-2,4-6,9-12H2/t13-,14-,15+/m0/s1. The van der Waals surface area contributed by atoms with Crippen molar-refractivity contribution in [2.75, 3.05) is 19.6 Å². The van der Waals surface area contributed by atoms with Gasteiger partial charge in [-0.05, 0) is 37.3 Å². The number of aliphatic hydroxyl groups is 1. The minimum atomic E-state index is -0.306. The number of likely N-dealkylation sites (tertiary alicyclic amines) is 1. The second-order valence-corrected chi connectivity index (χ2v) is 6.23. The lowest BCUT2D eigenvalue weighted by Crippen LogP contribution is -2.45. The van der Waals surface area contributed by atoms with E-state index < -0.39 is 0 Å². The molecule has 0 aromatic carbocycles. The number of rotatable bonds is 4. The van der Waals surface area contributed by atoms with Crippen molar-refractivity contribution < 1.29 is 5.11 Å². The molecule has 3 rings (SSSR count). The van der Waals surface area contributed by atoms with Crippen LogP contribution in [-0.4, -0.2) is 45.5 Å². The van der Waals surface area contributed by atoms with Gasteiger partial charge >= 0.3 is 0 Å². The third-order valence-electron chi connectivity index (χ3n) is 4.80. The molecule has 2 aliphatic rings. The summed E-state index contributed by atoms with van der Waals surface area (Å²) in [4.78, 5) is 2.46. The first-order chi connectivity index (χ1) is 9.31. The van der Waals surface area contributed by atoms with Crippen LogP contribution in [-0.2, 0) is 6.54 Å². The molecule has 4 heteroatoms. The summed E-state index contributed by atoms with van der Waals surface area (Å²) in [5.41, 5.74) is 0. The van der Waals surface area contributed by atoms with E-state index in [0.29, 0.717) is 6.54 Å². The Morgan fingerprint density at radius 1 is 1.16 bits per heavy atom. The number of β-amino-alcohol motifs (C(OH)–C–C–N with tert-alkyl or cyclic N) is 1. The van der Waals surface area contributed by atoms with Gasteiger partial charge in [-0.15, -0.1) is 0 Å². The normalized spacial score (nSPS) is 29.9. The number of aromatic nitrogens is 2. The van der Waals surface area contributed by atoms with Crippen LogP contribution in [0.2, 0.25) is 0 Å². The van der Waals surface area contributed by atoms with E-state index in [1.54, 1.807) is 6.20 Å². The summed E-state index contributed by atoms with van der Waals surface area (Å²) in [6.45, 7) is 3.76. The van der Waals surface area contributed by atoms with Crippen molar-refractivity contribution in [3.8, 4) is 0 Å². The van der Waals surface area contributed by atoms with Crippen LogP contribution in [0.25, 0.3) is 0 Å². The maximum atomic E-state index is 10.2. The third kappa shape index (κ3) is 3.37. The Morgan fingerprint density at radius 2 is 2.00 bits per heavy atom. The molecular formula is C15H25N3O. The first-order valence-electron chi connectivity index (χ1n) is 7.69. The zero-order chi connectivity index (χ0) is 13.1. The van der Waals surface area contributed by atoms with E-state index in [4.69, 9.17) is 0 Å². The summed E-state index contributed by atoms with van der Waals surface area (Å²) >= 11 is 0. The fraction of sp³-hybridized carbons (Fsp3) is 0.800. The molecule has 1 saturated carbocycles. The summed E-state index contributed by atoms with van der Waals surface area (Å²) in [7, 11) is 0. The molecule has 0 bridgehead atoms. The molecule has 0 unspecified atom stereocenters. The van der Waals surface area contributed by atoms with Gasteiger partial charge in [-0.25, -0.2) is 0 Å². The average molecular weight is 263 g/mol. The van der Waals surface area contributed by atoms with Gasteiger partial charge in [0.05, 0.1) is 12.6 Å². The van der Waals surface area contributed by atoms with Crippen LogP contribution in [0.4, 0.5) is 0 Å². The van der Waals surface area contributed by atoms with E-state index >= 15 is 0 Å². The number of piperidine rings is 1. The van der Waals surface area contributed by atoms with Crippen LogP contribution in [0.5, 0.6) is 0 Å². The molecule has 3 atom stereocenters. The van der Waals surface area contributed by atoms with Gasteiger partial charge in [-0.3, -0.25) is 4.68 Å². The molecule has 1 aromatic rings. The molecule has 0 amide bonds. The summed E-state index contributed by atoms with van der Waals surface area (Å²) in [5.74, 6) is 1.85. The topological polar surface area (TPSA) is 41.3 Å². The van der Waals surface area contributed by atoms with E-state index in [0.717, 1.165) is 24.9 Å². The molecule has 0 radical (unpaired) electrons. The fourth-order valence-electron chi connectivity index (χ4n) is 3.82. The number of aliphatic hydroxyl groups excluding tert-OH is 1. The largest absolute Gasteiger partial charge is 0.390 e. The third-order valence-corrected chi connectivity index (χ3v) is 4.80. The highest BCUT2D eigenvalue weighted by molar-refractivity contribution is 4.85. The van der Waals surface area contributed by atoms with E-state index in [-0.39, 0.29) is 6.10 Å². The quantitative estimate of drug-likeness (QED) is 0.900. The van der Waals surface area contributed by atoms with Crippen LogP contribution in [0.1, 0.15) is 32.1 Å². The van der Waals surface area contributed by atoms with Gasteiger partial charge in [0, 0.05) is 25.5 Å². The first kappa shape index (κ1) is 13.1. The van der Waals surface area contributed by atoms with Crippen LogP contribution >= 0.6 is 0 Å². The maximum absolute atomic E-state index is 10.2. The zero-order valence-electron chi connectivity index (χ0n) is 11.6. The van der Waals surface area contributed by atoms with Crippen LogP contribution in [0, 0.1) is 11.8 Å². The summed E-state index contributed by atoms with van der Waals surface area (Å²) in [5, 5.41) is 14.3. The molecule has 1 aliphatic carbocycles. The lowest BCUT2D eigenvalue weighted by molar-refractivity contribution is 0.0394. The van der Waals surface area contributed by atoms with Gasteiger partial charge in [0.1, 0.15) is 0 Å². The highest BCUT2D eigenvalue weighted by Crippen LogP contribution is 2.35. The number of fused-ring (bicyclic) bond motifs is 1. The van der Waals surface area contributed by atoms with Gasteiger partial charge in [0.25, 0.3) is 0 Å². The van der Waals surface area contributed by atoms with Crippen molar-refractivity contribution in [3.63, 3.8) is 0 Å². The van der Waals surface area contributed by atoms with E-state index in [9.17, 15) is 5.11 Å². The molecule has 1 saturated heterocycles. The SMILES string of the molecule is O[C@H](CN1CC[C@@H]2CCCC[C@H]2C1)Cn1cccn1. The molecule has 4 nitrogen and oxygen atoms in total. The number of hydrogen-bond acceptors (Lipinski definition) is 3. The van der Waals surface area contributed by atoms with Crippen molar-refractivity contribution in [3.05, 3.63) is 18.5 Å². The lowest BCUT2D eigenvalue weighted by Gasteiger charge is -2.41. The molecule has 2 heterocycles. The minimum Gasteiger partial charge on any atom is -0.390 e. The summed E-state index contributed by atoms with van der Waals surface area (Å²) < 4.78 is 1.82. The van der Waals surface area contributed by atoms with Crippen LogP contribution < -0.4 is 0 Å². The highest BCUT2D eigenvalue weighted by Gasteiger charge is 2.31. The first-order valence-corrected chi connectivity index (χ1v) is 7.69. The van der Waals surface area contributed by atoms with Crippen molar-refractivity contribution >= 4 is 0 Å². The Morgan fingerprint density at radius 3 is 2.79 bits per heavy atom. The number of hydrogen-bond donors (Lipinski definition) is 1. The van der Waals surface area contributed by atoms with Gasteiger partial charge in [-0.2, -0.15) is 5.10 Å². The highest BCUT2D eigenvalue weighted by atomic mass is 16.3. The smallest absolute Gasteiger partial charge is 0.0862 e. The van der Waals surface area contributed by atoms with Gasteiger partial charge in [0.2, 0.25) is 0 Å². The monoisotopic (exact) mass is 263 g/mol. The van der Waals surface area contributed by atoms with Crippen LogP contribution in [0.3, 0.4) is 0 Å². The Balaban J connectivity index is 1.47. The van der Waals surface area contributed by atoms with Crippen molar-refractivity contribution in [1.29, 1.82) is 0 Å². The predicted molar refractivity (Wildman–Crippen MR) is 74.7 cm³/mol. The zero-order valence-corrected chi connectivity index (χ0v) is 11.6. The van der Waals surface area contributed by atoms with Gasteiger partial charge < -0.3 is 10.0 Å². The molecule has 106 valence electrons. The Bertz CT molecular complexity index is 379. The van der Waals surface area contributed by atoms with E-state index in [1.807, 2.05) is 16.9 Å². The Labute approximate surface area is 115 Å². The summed E-state index contributed by atoms with van der Waals surface area (Å²) in [6, 6.07) is 1.90. The molecule has 2 fully saturated rings. The van der Waals surface area contributed by atoms with Crippen molar-refractivity contribution in [1.82, 2.24) is 14.7 Å². The number of nitrogens with zero attached hydrogens (tertiary/aromatic N) is 3. The van der Waals surface area contributed by atoms with E-state index in [1.165, 1.54) is 38.6 Å². The molecule has 1 aromatic heterocycles. The Hall–Kier alpha value is -0.870. The molecule has 19 heavy (non-hydrogen) atoms. The second kappa shape index (κ2) is 6.06. The lowest BCUT2D eigenvalue weighted by atomic mass is 9.75.